The van der Waals surface area contributed by atoms with Gasteiger partial charge in [0.1, 0.15) is 11.4 Å². The molecular formula is C19H19ClF3NO2. The number of likely N-dealkylation sites (tertiary alicyclic amines) is 1. The van der Waals surface area contributed by atoms with Crippen LogP contribution in [0.2, 0.25) is 5.02 Å². The maximum atomic E-state index is 12.4. The van der Waals surface area contributed by atoms with Gasteiger partial charge in [-0.25, -0.2) is 0 Å². The van der Waals surface area contributed by atoms with Crippen molar-refractivity contribution in [3.8, 4) is 5.75 Å². The maximum absolute atomic E-state index is 12.4. The highest BCUT2D eigenvalue weighted by molar-refractivity contribution is 6.30. The van der Waals surface area contributed by atoms with Gasteiger partial charge < -0.3 is 14.7 Å². The number of hydrogen-bond acceptors (Lipinski definition) is 3. The van der Waals surface area contributed by atoms with Crippen LogP contribution in [0, 0.1) is 5.41 Å². The molecule has 0 spiro atoms. The van der Waals surface area contributed by atoms with Crippen molar-refractivity contribution in [2.45, 2.75) is 18.9 Å². The summed E-state index contributed by atoms with van der Waals surface area (Å²) >= 11 is 5.96. The molecule has 1 aliphatic heterocycles. The molecular weight excluding hydrogens is 367 g/mol. The molecule has 3 nitrogen and oxygen atoms in total. The molecule has 0 bridgehead atoms. The minimum Gasteiger partial charge on any atom is -0.406 e. The van der Waals surface area contributed by atoms with Gasteiger partial charge in [0.05, 0.1) is 0 Å². The molecule has 140 valence electrons. The minimum atomic E-state index is -4.75. The van der Waals surface area contributed by atoms with E-state index in [1.54, 1.807) is 24.3 Å². The summed E-state index contributed by atoms with van der Waals surface area (Å²) in [6.07, 6.45) is -4.75. The molecule has 0 radical (unpaired) electrons. The van der Waals surface area contributed by atoms with Gasteiger partial charge in [-0.3, -0.25) is 0 Å². The number of nitrogens with zero attached hydrogens (tertiary/aromatic N) is 1. The summed E-state index contributed by atoms with van der Waals surface area (Å²) < 4.78 is 41.1. The predicted octanol–water partition coefficient (Wildman–Crippen LogP) is 4.43. The molecule has 1 aliphatic rings. The fourth-order valence-electron chi connectivity index (χ4n) is 3.83. The molecule has 0 aliphatic carbocycles. The lowest BCUT2D eigenvalue weighted by Crippen LogP contribution is -2.63. The van der Waals surface area contributed by atoms with Crippen LogP contribution in [0.15, 0.2) is 48.5 Å². The van der Waals surface area contributed by atoms with E-state index >= 15 is 0 Å². The lowest BCUT2D eigenvalue weighted by atomic mass is 9.62. The van der Waals surface area contributed by atoms with Gasteiger partial charge in [0, 0.05) is 23.5 Å². The van der Waals surface area contributed by atoms with Gasteiger partial charge in [0.25, 0.3) is 0 Å². The average molecular weight is 386 g/mol. The van der Waals surface area contributed by atoms with Crippen LogP contribution < -0.4 is 4.74 Å². The molecule has 3 rings (SSSR count). The number of ether oxygens (including phenoxy) is 1. The number of halogens is 4. The van der Waals surface area contributed by atoms with Crippen LogP contribution in [0.3, 0.4) is 0 Å². The van der Waals surface area contributed by atoms with Crippen molar-refractivity contribution in [3.05, 3.63) is 64.7 Å². The van der Waals surface area contributed by atoms with Crippen molar-refractivity contribution in [1.82, 2.24) is 4.90 Å². The molecule has 0 amide bonds. The molecule has 1 atom stereocenters. The number of hydrogen-bond donors (Lipinski definition) is 1. The Kier molecular flexibility index (Phi) is 4.71. The van der Waals surface area contributed by atoms with Gasteiger partial charge in [0.15, 0.2) is 0 Å². The second kappa shape index (κ2) is 6.44. The lowest BCUT2D eigenvalue weighted by Gasteiger charge is -2.56. The van der Waals surface area contributed by atoms with Crippen molar-refractivity contribution in [1.29, 1.82) is 0 Å². The summed E-state index contributed by atoms with van der Waals surface area (Å²) in [5.74, 6) is -0.324. The lowest BCUT2D eigenvalue weighted by molar-refractivity contribution is -0.274. The summed E-state index contributed by atoms with van der Waals surface area (Å²) in [4.78, 5) is 2.07. The second-order valence-electron chi connectivity index (χ2n) is 7.02. The van der Waals surface area contributed by atoms with E-state index in [1.165, 1.54) is 24.3 Å². The number of benzene rings is 2. The first-order chi connectivity index (χ1) is 12.0. The number of rotatable bonds is 4. The average Bonchev–Trinajstić information content (AvgIpc) is 2.52. The molecule has 0 saturated carbocycles. The van der Waals surface area contributed by atoms with Crippen molar-refractivity contribution < 1.29 is 23.0 Å². The van der Waals surface area contributed by atoms with E-state index in [1.807, 2.05) is 14.0 Å². The molecule has 7 heteroatoms. The number of aliphatic hydroxyl groups is 1. The van der Waals surface area contributed by atoms with Crippen LogP contribution in [0.5, 0.6) is 5.75 Å². The fraction of sp³-hybridized carbons (Fsp3) is 0.368. The third kappa shape index (κ3) is 3.41. The fourth-order valence-corrected chi connectivity index (χ4v) is 3.95. The summed E-state index contributed by atoms with van der Waals surface area (Å²) in [5, 5.41) is 12.3. The Balaban J connectivity index is 2.03. The smallest absolute Gasteiger partial charge is 0.406 e. The maximum Gasteiger partial charge on any atom is 0.573 e. The third-order valence-corrected chi connectivity index (χ3v) is 5.13. The SMILES string of the molecule is CN1CC(C)([C@@](O)(c2ccc(Cl)cc2)c2ccc(OC(F)(F)F)cc2)C1. The topological polar surface area (TPSA) is 32.7 Å². The quantitative estimate of drug-likeness (QED) is 0.845. The predicted molar refractivity (Wildman–Crippen MR) is 93.2 cm³/mol. The van der Waals surface area contributed by atoms with Crippen LogP contribution >= 0.6 is 11.6 Å². The number of alkyl halides is 3. The van der Waals surface area contributed by atoms with E-state index in [9.17, 15) is 18.3 Å². The molecule has 1 fully saturated rings. The zero-order chi connectivity index (χ0) is 19.2. The van der Waals surface area contributed by atoms with Crippen molar-refractivity contribution in [2.75, 3.05) is 20.1 Å². The van der Waals surface area contributed by atoms with Gasteiger partial charge in [-0.15, -0.1) is 13.2 Å². The Bertz CT molecular complexity index is 771. The van der Waals surface area contributed by atoms with Crippen LogP contribution in [0.4, 0.5) is 13.2 Å². The Hall–Kier alpha value is -1.76. The summed E-state index contributed by atoms with van der Waals surface area (Å²) in [7, 11) is 1.95. The molecule has 1 heterocycles. The van der Waals surface area contributed by atoms with Crippen LogP contribution in [0.1, 0.15) is 18.1 Å². The summed E-state index contributed by atoms with van der Waals surface area (Å²) in [5.41, 5.74) is -0.727. The first-order valence-electron chi connectivity index (χ1n) is 8.07. The van der Waals surface area contributed by atoms with Crippen molar-refractivity contribution in [3.63, 3.8) is 0 Å². The summed E-state index contributed by atoms with van der Waals surface area (Å²) in [6, 6.07) is 12.2. The van der Waals surface area contributed by atoms with Crippen molar-refractivity contribution >= 4 is 11.6 Å². The van der Waals surface area contributed by atoms with Gasteiger partial charge in [-0.1, -0.05) is 42.8 Å². The van der Waals surface area contributed by atoms with E-state index in [-0.39, 0.29) is 5.75 Å². The molecule has 2 aromatic rings. The largest absolute Gasteiger partial charge is 0.573 e. The first-order valence-corrected chi connectivity index (χ1v) is 8.45. The molecule has 1 N–H and O–H groups in total. The molecule has 26 heavy (non-hydrogen) atoms. The Morgan fingerprint density at radius 1 is 1.00 bits per heavy atom. The van der Waals surface area contributed by atoms with E-state index in [2.05, 4.69) is 9.64 Å². The highest BCUT2D eigenvalue weighted by Gasteiger charge is 2.55. The highest BCUT2D eigenvalue weighted by Crippen LogP contribution is 2.50. The van der Waals surface area contributed by atoms with Crippen LogP contribution in [-0.2, 0) is 5.60 Å². The minimum absolute atomic E-state index is 0.324. The van der Waals surface area contributed by atoms with E-state index in [4.69, 9.17) is 11.6 Å². The third-order valence-electron chi connectivity index (χ3n) is 4.88. The summed E-state index contributed by atoms with van der Waals surface area (Å²) in [6.45, 7) is 3.25. The molecule has 2 aromatic carbocycles. The van der Waals surface area contributed by atoms with Gasteiger partial charge in [-0.2, -0.15) is 0 Å². The standard InChI is InChI=1S/C19H19ClF3NO2/c1-17(11-24(2)12-17)18(25,13-3-7-15(20)8-4-13)14-5-9-16(10-6-14)26-19(21,22)23/h3-10,25H,11-12H2,1-2H3/t18-/m1/s1. The monoisotopic (exact) mass is 385 g/mol. The normalized spacial score (nSPS) is 19.5. The van der Waals surface area contributed by atoms with Gasteiger partial charge >= 0.3 is 6.36 Å². The Morgan fingerprint density at radius 2 is 1.46 bits per heavy atom. The van der Waals surface area contributed by atoms with E-state index < -0.39 is 17.4 Å². The molecule has 1 saturated heterocycles. The van der Waals surface area contributed by atoms with Gasteiger partial charge in [0.2, 0.25) is 0 Å². The van der Waals surface area contributed by atoms with Gasteiger partial charge in [-0.05, 0) is 42.4 Å². The zero-order valence-corrected chi connectivity index (χ0v) is 15.1. The van der Waals surface area contributed by atoms with Crippen LogP contribution in [0.25, 0.3) is 0 Å². The van der Waals surface area contributed by atoms with Crippen molar-refractivity contribution in [2.24, 2.45) is 5.41 Å². The first kappa shape index (κ1) is 19.0. The molecule has 0 aromatic heterocycles. The van der Waals surface area contributed by atoms with Crippen LogP contribution in [-0.4, -0.2) is 36.5 Å². The van der Waals surface area contributed by atoms with E-state index in [0.29, 0.717) is 29.2 Å². The second-order valence-corrected chi connectivity index (χ2v) is 7.46. The van der Waals surface area contributed by atoms with E-state index in [0.717, 1.165) is 0 Å². The highest BCUT2D eigenvalue weighted by atomic mass is 35.5. The Morgan fingerprint density at radius 3 is 1.88 bits per heavy atom. The Labute approximate surface area is 155 Å². The molecule has 0 unspecified atom stereocenters. The zero-order valence-electron chi connectivity index (χ0n) is 14.3.